The lowest BCUT2D eigenvalue weighted by molar-refractivity contribution is 0.211. The molecule has 1 heteroatoms. The standard InChI is InChI=1S/C18H29N/c1-6-7-17-8-10-18(11-9-17)14-19(12-15(2)3)13-16(4)5/h6-11,15-16H,12-14H2,1-5H3/b7-6+. The fourth-order valence-corrected chi connectivity index (χ4v) is 2.42. The molecule has 0 bridgehead atoms. The quantitative estimate of drug-likeness (QED) is 0.677. The summed E-state index contributed by atoms with van der Waals surface area (Å²) in [4.78, 5) is 2.57. The minimum absolute atomic E-state index is 0.723. The molecule has 0 spiro atoms. The fourth-order valence-electron chi connectivity index (χ4n) is 2.42. The van der Waals surface area contributed by atoms with Crippen molar-refractivity contribution in [1.82, 2.24) is 4.90 Å². The predicted molar refractivity (Wildman–Crippen MR) is 86.1 cm³/mol. The lowest BCUT2D eigenvalue weighted by Crippen LogP contribution is -2.30. The van der Waals surface area contributed by atoms with E-state index in [1.807, 2.05) is 0 Å². The number of benzene rings is 1. The third kappa shape index (κ3) is 6.58. The molecule has 0 radical (unpaired) electrons. The maximum Gasteiger partial charge on any atom is 0.0233 e. The van der Waals surface area contributed by atoms with Gasteiger partial charge in [-0.3, -0.25) is 4.90 Å². The van der Waals surface area contributed by atoms with Gasteiger partial charge in [0.15, 0.2) is 0 Å². The van der Waals surface area contributed by atoms with Crippen molar-refractivity contribution in [2.75, 3.05) is 13.1 Å². The summed E-state index contributed by atoms with van der Waals surface area (Å²) in [7, 11) is 0. The second-order valence-corrected chi connectivity index (χ2v) is 6.22. The van der Waals surface area contributed by atoms with E-state index >= 15 is 0 Å². The fraction of sp³-hybridized carbons (Fsp3) is 0.556. The summed E-state index contributed by atoms with van der Waals surface area (Å²) in [6, 6.07) is 8.92. The van der Waals surface area contributed by atoms with E-state index < -0.39 is 0 Å². The molecule has 0 fully saturated rings. The van der Waals surface area contributed by atoms with Gasteiger partial charge in [0.25, 0.3) is 0 Å². The van der Waals surface area contributed by atoms with Crippen LogP contribution in [0.1, 0.15) is 45.7 Å². The van der Waals surface area contributed by atoms with Gasteiger partial charge in [-0.2, -0.15) is 0 Å². The minimum atomic E-state index is 0.723. The summed E-state index contributed by atoms with van der Waals surface area (Å²) in [5.41, 5.74) is 2.69. The van der Waals surface area contributed by atoms with Crippen LogP contribution >= 0.6 is 0 Å². The van der Waals surface area contributed by atoms with Gasteiger partial charge in [-0.25, -0.2) is 0 Å². The molecule has 1 aromatic carbocycles. The molecule has 0 aliphatic carbocycles. The molecule has 19 heavy (non-hydrogen) atoms. The summed E-state index contributed by atoms with van der Waals surface area (Å²) < 4.78 is 0. The Morgan fingerprint density at radius 2 is 1.47 bits per heavy atom. The van der Waals surface area contributed by atoms with Gasteiger partial charge in [0, 0.05) is 19.6 Å². The highest BCUT2D eigenvalue weighted by atomic mass is 15.1. The molecule has 0 amide bonds. The molecule has 0 aromatic heterocycles. The molecular formula is C18H29N. The number of hydrogen-bond acceptors (Lipinski definition) is 1. The molecule has 0 aliphatic rings. The largest absolute Gasteiger partial charge is 0.299 e. The van der Waals surface area contributed by atoms with Crippen molar-refractivity contribution in [3.63, 3.8) is 0 Å². The van der Waals surface area contributed by atoms with Crippen molar-refractivity contribution in [1.29, 1.82) is 0 Å². The SMILES string of the molecule is C/C=C/c1ccc(CN(CC(C)C)CC(C)C)cc1. The van der Waals surface area contributed by atoms with Gasteiger partial charge in [-0.1, -0.05) is 64.1 Å². The first-order valence-corrected chi connectivity index (χ1v) is 7.45. The van der Waals surface area contributed by atoms with Crippen LogP contribution < -0.4 is 0 Å². The summed E-state index contributed by atoms with van der Waals surface area (Å²) in [6.45, 7) is 14.6. The highest BCUT2D eigenvalue weighted by Crippen LogP contribution is 2.12. The van der Waals surface area contributed by atoms with Crippen molar-refractivity contribution in [2.24, 2.45) is 11.8 Å². The van der Waals surface area contributed by atoms with E-state index in [1.165, 1.54) is 24.2 Å². The van der Waals surface area contributed by atoms with Crippen LogP contribution in [0, 0.1) is 11.8 Å². The number of rotatable bonds is 7. The van der Waals surface area contributed by atoms with Crippen LogP contribution in [0.2, 0.25) is 0 Å². The van der Waals surface area contributed by atoms with Crippen LogP contribution in [0.25, 0.3) is 6.08 Å². The molecule has 0 atom stereocenters. The van der Waals surface area contributed by atoms with Crippen molar-refractivity contribution in [2.45, 2.75) is 41.2 Å². The third-order valence-corrected chi connectivity index (χ3v) is 2.99. The van der Waals surface area contributed by atoms with Crippen LogP contribution in [0.4, 0.5) is 0 Å². The molecule has 0 heterocycles. The molecule has 1 aromatic rings. The average Bonchev–Trinajstić information content (AvgIpc) is 2.30. The molecule has 0 aliphatic heterocycles. The number of allylic oxidation sites excluding steroid dienone is 1. The van der Waals surface area contributed by atoms with E-state index in [4.69, 9.17) is 0 Å². The zero-order chi connectivity index (χ0) is 14.3. The van der Waals surface area contributed by atoms with Crippen molar-refractivity contribution in [3.05, 3.63) is 41.5 Å². The van der Waals surface area contributed by atoms with E-state index in [0.29, 0.717) is 0 Å². The predicted octanol–water partition coefficient (Wildman–Crippen LogP) is 4.83. The van der Waals surface area contributed by atoms with Gasteiger partial charge in [-0.05, 0) is 29.9 Å². The van der Waals surface area contributed by atoms with Crippen molar-refractivity contribution >= 4 is 6.08 Å². The van der Waals surface area contributed by atoms with Crippen LogP contribution in [-0.2, 0) is 6.54 Å². The van der Waals surface area contributed by atoms with Crippen LogP contribution in [0.3, 0.4) is 0 Å². The summed E-state index contributed by atoms with van der Waals surface area (Å²) >= 11 is 0. The molecule has 0 saturated carbocycles. The summed E-state index contributed by atoms with van der Waals surface area (Å²) in [5, 5.41) is 0. The minimum Gasteiger partial charge on any atom is -0.299 e. The smallest absolute Gasteiger partial charge is 0.0233 e. The van der Waals surface area contributed by atoms with Gasteiger partial charge in [0.1, 0.15) is 0 Å². The lowest BCUT2D eigenvalue weighted by atomic mass is 10.1. The normalized spacial score (nSPS) is 12.2. The maximum absolute atomic E-state index is 2.57. The van der Waals surface area contributed by atoms with Crippen LogP contribution in [0.5, 0.6) is 0 Å². The van der Waals surface area contributed by atoms with E-state index in [9.17, 15) is 0 Å². The molecule has 0 unspecified atom stereocenters. The Morgan fingerprint density at radius 1 is 0.947 bits per heavy atom. The Bertz CT molecular complexity index is 363. The molecule has 0 saturated heterocycles. The maximum atomic E-state index is 2.57. The zero-order valence-electron chi connectivity index (χ0n) is 13.2. The number of nitrogens with zero attached hydrogens (tertiary/aromatic N) is 1. The van der Waals surface area contributed by atoms with Crippen LogP contribution in [-0.4, -0.2) is 18.0 Å². The first-order chi connectivity index (χ1) is 9.01. The lowest BCUT2D eigenvalue weighted by Gasteiger charge is -2.26. The zero-order valence-corrected chi connectivity index (χ0v) is 13.2. The molecule has 1 rings (SSSR count). The second-order valence-electron chi connectivity index (χ2n) is 6.22. The Kier molecular flexibility index (Phi) is 6.86. The van der Waals surface area contributed by atoms with Gasteiger partial charge < -0.3 is 0 Å². The molecule has 1 nitrogen and oxygen atoms in total. The molecule has 0 N–H and O–H groups in total. The third-order valence-electron chi connectivity index (χ3n) is 2.99. The summed E-state index contributed by atoms with van der Waals surface area (Å²) in [5.74, 6) is 1.45. The van der Waals surface area contributed by atoms with Crippen LogP contribution in [0.15, 0.2) is 30.3 Å². The summed E-state index contributed by atoms with van der Waals surface area (Å²) in [6.07, 6.45) is 4.22. The Labute approximate surface area is 119 Å². The van der Waals surface area contributed by atoms with Crippen molar-refractivity contribution < 1.29 is 0 Å². The Balaban J connectivity index is 2.66. The Morgan fingerprint density at radius 3 is 1.89 bits per heavy atom. The van der Waals surface area contributed by atoms with Gasteiger partial charge >= 0.3 is 0 Å². The van der Waals surface area contributed by atoms with E-state index in [0.717, 1.165) is 18.4 Å². The van der Waals surface area contributed by atoms with Gasteiger partial charge in [-0.15, -0.1) is 0 Å². The monoisotopic (exact) mass is 259 g/mol. The van der Waals surface area contributed by atoms with E-state index in [2.05, 4.69) is 75.9 Å². The Hall–Kier alpha value is -1.08. The average molecular weight is 259 g/mol. The molecule has 106 valence electrons. The number of hydrogen-bond donors (Lipinski definition) is 0. The van der Waals surface area contributed by atoms with Gasteiger partial charge in [0.2, 0.25) is 0 Å². The topological polar surface area (TPSA) is 3.24 Å². The van der Waals surface area contributed by atoms with E-state index in [-0.39, 0.29) is 0 Å². The van der Waals surface area contributed by atoms with Gasteiger partial charge in [0.05, 0.1) is 0 Å². The highest BCUT2D eigenvalue weighted by Gasteiger charge is 2.10. The first-order valence-electron chi connectivity index (χ1n) is 7.45. The first kappa shape index (κ1) is 16.0. The van der Waals surface area contributed by atoms with Crippen molar-refractivity contribution in [3.8, 4) is 0 Å². The molecular weight excluding hydrogens is 230 g/mol. The highest BCUT2D eigenvalue weighted by molar-refractivity contribution is 5.49. The second kappa shape index (κ2) is 8.16. The van der Waals surface area contributed by atoms with E-state index in [1.54, 1.807) is 0 Å².